The summed E-state index contributed by atoms with van der Waals surface area (Å²) in [5.74, 6) is 0.941. The minimum atomic E-state index is -0.422. The molecule has 1 aromatic heterocycles. The van der Waals surface area contributed by atoms with Gasteiger partial charge in [0, 0.05) is 36.5 Å². The van der Waals surface area contributed by atoms with Crippen LogP contribution in [0.1, 0.15) is 50.0 Å². The third-order valence-corrected chi connectivity index (χ3v) is 5.60. The lowest BCUT2D eigenvalue weighted by molar-refractivity contribution is 0.0715. The summed E-state index contributed by atoms with van der Waals surface area (Å²) in [6, 6.07) is 2.78. The van der Waals surface area contributed by atoms with Crippen LogP contribution in [0.5, 0.6) is 0 Å². The minimum absolute atomic E-state index is 0.0404. The maximum atomic E-state index is 10.4. The van der Waals surface area contributed by atoms with Gasteiger partial charge in [-0.1, -0.05) is 19.3 Å². The standard InChI is InChI=1S/C18H29N3O2/c1-12-19-8-7-14(20-12)9-15-16(11-22)18(23)10-17(15)21-13-5-3-2-4-6-13/h7-8,13,15-18,21-23H,2-6,9-11H2,1H3/t15-,16-,17-,18-/m1/s1. The Morgan fingerprint density at radius 2 is 2.00 bits per heavy atom. The lowest BCUT2D eigenvalue weighted by Gasteiger charge is -2.31. The summed E-state index contributed by atoms with van der Waals surface area (Å²) in [5.41, 5.74) is 1.01. The number of aromatic nitrogens is 2. The van der Waals surface area contributed by atoms with E-state index < -0.39 is 6.10 Å². The second-order valence-corrected chi connectivity index (χ2v) is 7.22. The van der Waals surface area contributed by atoms with Gasteiger partial charge >= 0.3 is 0 Å². The van der Waals surface area contributed by atoms with Crippen molar-refractivity contribution in [3.8, 4) is 0 Å². The molecule has 2 saturated carbocycles. The number of hydrogen-bond donors (Lipinski definition) is 3. The number of aliphatic hydroxyl groups excluding tert-OH is 2. The topological polar surface area (TPSA) is 78.3 Å². The number of aryl methyl sites for hydroxylation is 1. The van der Waals surface area contributed by atoms with Crippen molar-refractivity contribution in [2.45, 2.75) is 70.1 Å². The van der Waals surface area contributed by atoms with Crippen molar-refractivity contribution in [2.75, 3.05) is 6.61 Å². The van der Waals surface area contributed by atoms with E-state index in [1.54, 1.807) is 6.20 Å². The number of hydrogen-bond acceptors (Lipinski definition) is 5. The fourth-order valence-electron chi connectivity index (χ4n) is 4.37. The van der Waals surface area contributed by atoms with Crippen LogP contribution in [0.3, 0.4) is 0 Å². The number of nitrogens with one attached hydrogen (secondary N) is 1. The summed E-state index contributed by atoms with van der Waals surface area (Å²) in [7, 11) is 0. The molecule has 3 N–H and O–H groups in total. The predicted octanol–water partition coefficient (Wildman–Crippen LogP) is 1.61. The monoisotopic (exact) mass is 319 g/mol. The van der Waals surface area contributed by atoms with Crippen LogP contribution in [0, 0.1) is 18.8 Å². The van der Waals surface area contributed by atoms with Gasteiger partial charge in [0.1, 0.15) is 5.82 Å². The van der Waals surface area contributed by atoms with E-state index in [1.807, 2.05) is 13.0 Å². The van der Waals surface area contributed by atoms with E-state index in [9.17, 15) is 10.2 Å². The SMILES string of the molecule is Cc1nccc(C[C@@H]2[C@@H](CO)[C@H](O)C[C@H]2NC2CCCCC2)n1. The van der Waals surface area contributed by atoms with Crippen molar-refractivity contribution in [2.24, 2.45) is 11.8 Å². The zero-order chi connectivity index (χ0) is 16.2. The van der Waals surface area contributed by atoms with Crippen molar-refractivity contribution in [3.63, 3.8) is 0 Å². The highest BCUT2D eigenvalue weighted by molar-refractivity contribution is 5.07. The molecule has 0 radical (unpaired) electrons. The van der Waals surface area contributed by atoms with Crippen LogP contribution >= 0.6 is 0 Å². The lowest BCUT2D eigenvalue weighted by Crippen LogP contribution is -2.43. The molecule has 2 aliphatic rings. The van der Waals surface area contributed by atoms with Gasteiger partial charge in [-0.05, 0) is 44.6 Å². The first-order valence-electron chi connectivity index (χ1n) is 9.01. The van der Waals surface area contributed by atoms with E-state index in [-0.39, 0.29) is 24.5 Å². The van der Waals surface area contributed by atoms with Crippen molar-refractivity contribution < 1.29 is 10.2 Å². The van der Waals surface area contributed by atoms with Gasteiger partial charge in [0.25, 0.3) is 0 Å². The molecule has 0 aliphatic heterocycles. The summed E-state index contributed by atoms with van der Waals surface area (Å²) in [5, 5.41) is 23.9. The molecule has 0 unspecified atom stereocenters. The molecule has 5 nitrogen and oxygen atoms in total. The maximum absolute atomic E-state index is 10.4. The number of aliphatic hydroxyl groups is 2. The fraction of sp³-hybridized carbons (Fsp3) is 0.778. The molecule has 3 rings (SSSR count). The molecule has 5 heteroatoms. The molecule has 23 heavy (non-hydrogen) atoms. The molecule has 1 aromatic rings. The van der Waals surface area contributed by atoms with E-state index in [2.05, 4.69) is 15.3 Å². The highest BCUT2D eigenvalue weighted by Gasteiger charge is 2.42. The molecule has 0 bridgehead atoms. The Morgan fingerprint density at radius 3 is 2.70 bits per heavy atom. The van der Waals surface area contributed by atoms with Crippen LogP contribution in [0.2, 0.25) is 0 Å². The molecule has 0 aromatic carbocycles. The number of nitrogens with zero attached hydrogens (tertiary/aromatic N) is 2. The van der Waals surface area contributed by atoms with Crippen LogP contribution in [0.15, 0.2) is 12.3 Å². The molecule has 2 aliphatic carbocycles. The highest BCUT2D eigenvalue weighted by atomic mass is 16.3. The molecule has 4 atom stereocenters. The Morgan fingerprint density at radius 1 is 1.22 bits per heavy atom. The van der Waals surface area contributed by atoms with Gasteiger partial charge in [-0.2, -0.15) is 0 Å². The van der Waals surface area contributed by atoms with E-state index in [1.165, 1.54) is 32.1 Å². The Hall–Kier alpha value is -1.04. The number of rotatable bonds is 5. The highest BCUT2D eigenvalue weighted by Crippen LogP contribution is 2.35. The van der Waals surface area contributed by atoms with Crippen molar-refractivity contribution in [3.05, 3.63) is 23.8 Å². The van der Waals surface area contributed by atoms with Crippen LogP contribution in [-0.2, 0) is 6.42 Å². The molecule has 128 valence electrons. The van der Waals surface area contributed by atoms with Gasteiger partial charge in [-0.3, -0.25) is 0 Å². The Labute approximate surface area is 138 Å². The molecule has 0 spiro atoms. The van der Waals surface area contributed by atoms with E-state index in [0.29, 0.717) is 6.04 Å². The quantitative estimate of drug-likeness (QED) is 0.768. The van der Waals surface area contributed by atoms with Crippen LogP contribution in [0.25, 0.3) is 0 Å². The molecule has 0 saturated heterocycles. The largest absolute Gasteiger partial charge is 0.396 e. The zero-order valence-electron chi connectivity index (χ0n) is 14.0. The fourth-order valence-corrected chi connectivity index (χ4v) is 4.37. The van der Waals surface area contributed by atoms with Crippen molar-refractivity contribution >= 4 is 0 Å². The first-order chi connectivity index (χ1) is 11.2. The van der Waals surface area contributed by atoms with Gasteiger partial charge in [-0.25, -0.2) is 9.97 Å². The van der Waals surface area contributed by atoms with E-state index in [4.69, 9.17) is 0 Å². The normalized spacial score (nSPS) is 32.3. The van der Waals surface area contributed by atoms with Gasteiger partial charge in [0.2, 0.25) is 0 Å². The Balaban J connectivity index is 1.71. The third kappa shape index (κ3) is 4.08. The van der Waals surface area contributed by atoms with Gasteiger partial charge in [-0.15, -0.1) is 0 Å². The molecule has 0 amide bonds. The third-order valence-electron chi connectivity index (χ3n) is 5.60. The van der Waals surface area contributed by atoms with Gasteiger partial charge < -0.3 is 15.5 Å². The molecular formula is C18H29N3O2. The van der Waals surface area contributed by atoms with Crippen LogP contribution in [0.4, 0.5) is 0 Å². The Kier molecular flexibility index (Phi) is 5.62. The maximum Gasteiger partial charge on any atom is 0.125 e. The summed E-state index contributed by atoms with van der Waals surface area (Å²) in [6.45, 7) is 1.94. The summed E-state index contributed by atoms with van der Waals surface area (Å²) in [4.78, 5) is 8.67. The van der Waals surface area contributed by atoms with Crippen LogP contribution in [-0.4, -0.2) is 45.0 Å². The first kappa shape index (κ1) is 16.8. The lowest BCUT2D eigenvalue weighted by atomic mass is 9.87. The van der Waals surface area contributed by atoms with Gasteiger partial charge in [0.15, 0.2) is 0 Å². The second-order valence-electron chi connectivity index (χ2n) is 7.22. The van der Waals surface area contributed by atoms with Crippen molar-refractivity contribution in [1.82, 2.24) is 15.3 Å². The Bertz CT molecular complexity index is 505. The summed E-state index contributed by atoms with van der Waals surface area (Å²) >= 11 is 0. The average Bonchev–Trinajstić information content (AvgIpc) is 2.83. The van der Waals surface area contributed by atoms with E-state index >= 15 is 0 Å². The molecular weight excluding hydrogens is 290 g/mol. The van der Waals surface area contributed by atoms with Crippen molar-refractivity contribution in [1.29, 1.82) is 0 Å². The minimum Gasteiger partial charge on any atom is -0.396 e. The smallest absolute Gasteiger partial charge is 0.125 e. The van der Waals surface area contributed by atoms with Crippen LogP contribution < -0.4 is 5.32 Å². The molecule has 2 fully saturated rings. The second kappa shape index (κ2) is 7.69. The predicted molar refractivity (Wildman–Crippen MR) is 89.0 cm³/mol. The summed E-state index contributed by atoms with van der Waals surface area (Å²) < 4.78 is 0. The van der Waals surface area contributed by atoms with E-state index in [0.717, 1.165) is 24.4 Å². The summed E-state index contributed by atoms with van der Waals surface area (Å²) in [6.07, 6.45) is 9.29. The molecule has 1 heterocycles. The zero-order valence-corrected chi connectivity index (χ0v) is 14.0. The average molecular weight is 319 g/mol. The van der Waals surface area contributed by atoms with Gasteiger partial charge in [0.05, 0.1) is 6.10 Å². The first-order valence-corrected chi connectivity index (χ1v) is 9.01.